The lowest BCUT2D eigenvalue weighted by molar-refractivity contribution is 0.177. The van der Waals surface area contributed by atoms with Crippen LogP contribution in [0.5, 0.6) is 0 Å². The molecule has 6 nitrogen and oxygen atoms in total. The zero-order valence-electron chi connectivity index (χ0n) is 8.62. The van der Waals surface area contributed by atoms with E-state index in [9.17, 15) is 13.2 Å². The number of ether oxygens (including phenoxy) is 1. The predicted octanol–water partition coefficient (Wildman–Crippen LogP) is 0.740. The van der Waals surface area contributed by atoms with Crippen LogP contribution in [0.3, 0.4) is 0 Å². The number of amides is 1. The number of carbonyl (C=O) groups excluding carboxylic acids is 1. The molecule has 0 saturated carbocycles. The van der Waals surface area contributed by atoms with Gasteiger partial charge in [0.15, 0.2) is 0 Å². The molecule has 2 N–H and O–H groups in total. The molecule has 0 radical (unpaired) electrons. The topological polar surface area (TPSA) is 84.5 Å². The summed E-state index contributed by atoms with van der Waals surface area (Å²) in [6.07, 6.45) is 0.532. The Morgan fingerprint density at radius 2 is 2.13 bits per heavy atom. The van der Waals surface area contributed by atoms with Crippen molar-refractivity contribution < 1.29 is 17.9 Å². The highest BCUT2D eigenvalue weighted by molar-refractivity contribution is 9.09. The Morgan fingerprint density at radius 3 is 2.60 bits per heavy atom. The van der Waals surface area contributed by atoms with Crippen molar-refractivity contribution in [3.8, 4) is 0 Å². The van der Waals surface area contributed by atoms with Gasteiger partial charge in [-0.05, 0) is 19.8 Å². The molecule has 0 spiro atoms. The van der Waals surface area contributed by atoms with Crippen LogP contribution in [-0.4, -0.2) is 33.0 Å². The van der Waals surface area contributed by atoms with Crippen LogP contribution in [0.2, 0.25) is 0 Å². The number of hydrogen-bond donors (Lipinski definition) is 2. The van der Waals surface area contributed by atoms with Crippen molar-refractivity contribution in [3.63, 3.8) is 0 Å². The van der Waals surface area contributed by atoms with Gasteiger partial charge in [0.05, 0.1) is 7.11 Å². The minimum Gasteiger partial charge on any atom is -0.452 e. The van der Waals surface area contributed by atoms with Crippen LogP contribution >= 0.6 is 15.9 Å². The number of carbonyl (C=O) groups is 1. The third kappa shape index (κ3) is 7.57. The molecule has 0 aromatic rings. The average Bonchev–Trinajstić information content (AvgIpc) is 2.12. The SMILES string of the molecule is COC(=O)NS(=O)(=O)NC(C)CCCBr. The van der Waals surface area contributed by atoms with E-state index in [1.807, 2.05) is 0 Å². The first-order valence-corrected chi connectivity index (χ1v) is 6.95. The highest BCUT2D eigenvalue weighted by Crippen LogP contribution is 2.00. The Kier molecular flexibility index (Phi) is 6.86. The second kappa shape index (κ2) is 7.02. The zero-order chi connectivity index (χ0) is 11.9. The molecule has 0 aromatic heterocycles. The van der Waals surface area contributed by atoms with Crippen LogP contribution < -0.4 is 9.44 Å². The summed E-state index contributed by atoms with van der Waals surface area (Å²) in [7, 11) is -2.72. The quantitative estimate of drug-likeness (QED) is 0.709. The third-order valence-corrected chi connectivity index (χ3v) is 3.24. The van der Waals surface area contributed by atoms with E-state index >= 15 is 0 Å². The minimum absolute atomic E-state index is 0.232. The van der Waals surface area contributed by atoms with E-state index in [1.54, 1.807) is 11.6 Å². The smallest absolute Gasteiger partial charge is 0.421 e. The molecule has 0 aromatic carbocycles. The van der Waals surface area contributed by atoms with E-state index < -0.39 is 16.3 Å². The van der Waals surface area contributed by atoms with Crippen LogP contribution in [-0.2, 0) is 14.9 Å². The van der Waals surface area contributed by atoms with Crippen molar-refractivity contribution in [2.75, 3.05) is 12.4 Å². The first kappa shape index (κ1) is 14.7. The Hall–Kier alpha value is -0.340. The first-order valence-electron chi connectivity index (χ1n) is 4.35. The summed E-state index contributed by atoms with van der Waals surface area (Å²) in [6, 6.07) is -0.232. The Morgan fingerprint density at radius 1 is 1.53 bits per heavy atom. The molecule has 1 atom stereocenters. The molecule has 90 valence electrons. The molecular formula is C7H15BrN2O4S. The summed E-state index contributed by atoms with van der Waals surface area (Å²) in [6.45, 7) is 1.72. The van der Waals surface area contributed by atoms with Crippen LogP contribution in [0.25, 0.3) is 0 Å². The standard InChI is InChI=1S/C7H15BrN2O4S/c1-6(4-3-5-8)9-15(12,13)10-7(11)14-2/h6,9H,3-5H2,1-2H3,(H,10,11). The van der Waals surface area contributed by atoms with Crippen LogP contribution in [0.15, 0.2) is 0 Å². The van der Waals surface area contributed by atoms with Gasteiger partial charge in [-0.1, -0.05) is 15.9 Å². The molecule has 1 unspecified atom stereocenters. The van der Waals surface area contributed by atoms with Gasteiger partial charge in [0, 0.05) is 11.4 Å². The molecule has 0 heterocycles. The van der Waals surface area contributed by atoms with Crippen molar-refractivity contribution in [3.05, 3.63) is 0 Å². The number of hydrogen-bond acceptors (Lipinski definition) is 4. The van der Waals surface area contributed by atoms with Gasteiger partial charge in [0.25, 0.3) is 0 Å². The second-order valence-electron chi connectivity index (χ2n) is 2.95. The molecule has 0 fully saturated rings. The zero-order valence-corrected chi connectivity index (χ0v) is 11.0. The van der Waals surface area contributed by atoms with Gasteiger partial charge in [-0.15, -0.1) is 0 Å². The minimum atomic E-state index is -3.81. The summed E-state index contributed by atoms with van der Waals surface area (Å²) in [4.78, 5) is 10.7. The Bertz CT molecular complexity index is 293. The molecule has 0 aliphatic carbocycles. The van der Waals surface area contributed by atoms with E-state index in [2.05, 4.69) is 25.4 Å². The molecule has 0 aliphatic rings. The molecule has 0 aliphatic heterocycles. The van der Waals surface area contributed by atoms with E-state index in [4.69, 9.17) is 0 Å². The van der Waals surface area contributed by atoms with Gasteiger partial charge < -0.3 is 4.74 Å². The highest BCUT2D eigenvalue weighted by Gasteiger charge is 2.16. The van der Waals surface area contributed by atoms with Crippen LogP contribution in [0, 0.1) is 0 Å². The van der Waals surface area contributed by atoms with E-state index in [0.717, 1.165) is 18.9 Å². The van der Waals surface area contributed by atoms with Gasteiger partial charge in [-0.25, -0.2) is 9.52 Å². The maximum absolute atomic E-state index is 11.2. The molecule has 1 amide bonds. The summed E-state index contributed by atoms with van der Waals surface area (Å²) in [5.41, 5.74) is 0. The molecule has 15 heavy (non-hydrogen) atoms. The van der Waals surface area contributed by atoms with Crippen LogP contribution in [0.4, 0.5) is 4.79 Å². The first-order chi connectivity index (χ1) is 6.91. The Balaban J connectivity index is 4.08. The molecule has 0 rings (SSSR count). The van der Waals surface area contributed by atoms with Crippen LogP contribution in [0.1, 0.15) is 19.8 Å². The third-order valence-electron chi connectivity index (χ3n) is 1.53. The highest BCUT2D eigenvalue weighted by atomic mass is 79.9. The molecular weight excluding hydrogens is 288 g/mol. The van der Waals surface area contributed by atoms with Crippen molar-refractivity contribution in [1.82, 2.24) is 9.44 Å². The fraction of sp³-hybridized carbons (Fsp3) is 0.857. The van der Waals surface area contributed by atoms with Crippen molar-refractivity contribution in [2.45, 2.75) is 25.8 Å². The van der Waals surface area contributed by atoms with E-state index in [1.165, 1.54) is 0 Å². The lowest BCUT2D eigenvalue weighted by Gasteiger charge is -2.13. The lowest BCUT2D eigenvalue weighted by Crippen LogP contribution is -2.44. The van der Waals surface area contributed by atoms with E-state index in [0.29, 0.717) is 6.42 Å². The number of methoxy groups -OCH3 is 1. The van der Waals surface area contributed by atoms with E-state index in [-0.39, 0.29) is 6.04 Å². The number of alkyl halides is 1. The van der Waals surface area contributed by atoms with Gasteiger partial charge in [0.1, 0.15) is 0 Å². The number of halogens is 1. The summed E-state index contributed by atoms with van der Waals surface area (Å²) in [5, 5.41) is 0.809. The van der Waals surface area contributed by atoms with Gasteiger partial charge >= 0.3 is 16.3 Å². The number of rotatable bonds is 6. The van der Waals surface area contributed by atoms with Crippen molar-refractivity contribution >= 4 is 32.2 Å². The summed E-state index contributed by atoms with van der Waals surface area (Å²) in [5.74, 6) is 0. The van der Waals surface area contributed by atoms with Crippen molar-refractivity contribution in [1.29, 1.82) is 0 Å². The molecule has 0 saturated heterocycles. The summed E-state index contributed by atoms with van der Waals surface area (Å²) < 4.78 is 30.6. The maximum atomic E-state index is 11.2. The van der Waals surface area contributed by atoms with Crippen molar-refractivity contribution in [2.24, 2.45) is 0 Å². The summed E-state index contributed by atoms with van der Waals surface area (Å²) >= 11 is 3.24. The fourth-order valence-electron chi connectivity index (χ4n) is 0.888. The van der Waals surface area contributed by atoms with Gasteiger partial charge in [-0.3, -0.25) is 0 Å². The van der Waals surface area contributed by atoms with Gasteiger partial charge in [-0.2, -0.15) is 13.1 Å². The second-order valence-corrected chi connectivity index (χ2v) is 5.19. The molecule has 0 bridgehead atoms. The Labute approximate surface area is 98.1 Å². The number of nitrogens with one attached hydrogen (secondary N) is 2. The fourth-order valence-corrected chi connectivity index (χ4v) is 2.22. The average molecular weight is 303 g/mol. The van der Waals surface area contributed by atoms with Gasteiger partial charge in [0.2, 0.25) is 0 Å². The maximum Gasteiger partial charge on any atom is 0.421 e. The monoisotopic (exact) mass is 302 g/mol. The lowest BCUT2D eigenvalue weighted by atomic mass is 10.2. The largest absolute Gasteiger partial charge is 0.452 e. The molecule has 8 heteroatoms. The predicted molar refractivity (Wildman–Crippen MR) is 60.1 cm³/mol. The normalized spacial score (nSPS) is 13.3.